The van der Waals surface area contributed by atoms with Crippen LogP contribution in [0, 0.1) is 5.92 Å². The Balaban J connectivity index is 1.99. The van der Waals surface area contributed by atoms with Gasteiger partial charge in [-0.2, -0.15) is 0 Å². The van der Waals surface area contributed by atoms with Crippen molar-refractivity contribution in [1.82, 2.24) is 4.90 Å². The van der Waals surface area contributed by atoms with E-state index in [1.807, 2.05) is 0 Å². The molecule has 18 heavy (non-hydrogen) atoms. The van der Waals surface area contributed by atoms with Crippen molar-refractivity contribution in [1.29, 1.82) is 0 Å². The second-order valence-electron chi connectivity index (χ2n) is 4.99. The monoisotopic (exact) mass is 250 g/mol. The van der Waals surface area contributed by atoms with Gasteiger partial charge < -0.3 is 20.8 Å². The number of phenolic OH excluding ortho intramolecular Hbond substituents is 2. The van der Waals surface area contributed by atoms with Gasteiger partial charge in [0, 0.05) is 25.2 Å². The highest BCUT2D eigenvalue weighted by molar-refractivity contribution is 5.94. The van der Waals surface area contributed by atoms with Gasteiger partial charge in [0.1, 0.15) is 0 Å². The van der Waals surface area contributed by atoms with Gasteiger partial charge in [0.05, 0.1) is 0 Å². The molecule has 5 nitrogen and oxygen atoms in total. The van der Waals surface area contributed by atoms with Crippen LogP contribution in [-0.4, -0.2) is 40.7 Å². The van der Waals surface area contributed by atoms with E-state index in [0.717, 1.165) is 12.8 Å². The second-order valence-corrected chi connectivity index (χ2v) is 4.99. The quantitative estimate of drug-likeness (QED) is 0.696. The van der Waals surface area contributed by atoms with Crippen molar-refractivity contribution >= 4 is 5.91 Å². The summed E-state index contributed by atoms with van der Waals surface area (Å²) in [5, 5.41) is 18.6. The third-order valence-corrected chi connectivity index (χ3v) is 3.37. The summed E-state index contributed by atoms with van der Waals surface area (Å²) in [6, 6.07) is 4.37. The molecule has 0 heterocycles. The van der Waals surface area contributed by atoms with Gasteiger partial charge in [-0.25, -0.2) is 0 Å². The Morgan fingerprint density at radius 2 is 2.06 bits per heavy atom. The predicted octanol–water partition coefficient (Wildman–Crippen LogP) is 0.907. The van der Waals surface area contributed by atoms with Gasteiger partial charge in [0.15, 0.2) is 11.5 Å². The van der Waals surface area contributed by atoms with Gasteiger partial charge in [-0.15, -0.1) is 0 Å². The molecule has 4 N–H and O–H groups in total. The summed E-state index contributed by atoms with van der Waals surface area (Å²) in [5.41, 5.74) is 6.08. The van der Waals surface area contributed by atoms with Crippen LogP contribution in [0.15, 0.2) is 18.2 Å². The van der Waals surface area contributed by atoms with Gasteiger partial charge in [0.2, 0.25) is 0 Å². The van der Waals surface area contributed by atoms with E-state index < -0.39 is 0 Å². The fraction of sp³-hybridized carbons (Fsp3) is 0.462. The molecule has 5 heteroatoms. The average molecular weight is 250 g/mol. The molecule has 98 valence electrons. The summed E-state index contributed by atoms with van der Waals surface area (Å²) >= 11 is 0. The van der Waals surface area contributed by atoms with Crippen molar-refractivity contribution in [3.63, 3.8) is 0 Å². The molecular weight excluding hydrogens is 232 g/mol. The van der Waals surface area contributed by atoms with Crippen LogP contribution in [0.5, 0.6) is 11.5 Å². The van der Waals surface area contributed by atoms with E-state index in [-0.39, 0.29) is 23.4 Å². The summed E-state index contributed by atoms with van der Waals surface area (Å²) < 4.78 is 0. The summed E-state index contributed by atoms with van der Waals surface area (Å²) in [6.07, 6.45) is 1.91. The van der Waals surface area contributed by atoms with Crippen LogP contribution < -0.4 is 5.73 Å². The van der Waals surface area contributed by atoms with Gasteiger partial charge in [-0.1, -0.05) is 0 Å². The zero-order valence-corrected chi connectivity index (χ0v) is 10.3. The molecule has 1 amide bonds. The highest BCUT2D eigenvalue weighted by Crippen LogP contribution is 2.28. The van der Waals surface area contributed by atoms with Crippen molar-refractivity contribution in [3.8, 4) is 11.5 Å². The number of hydrogen-bond acceptors (Lipinski definition) is 4. The molecule has 1 fully saturated rings. The van der Waals surface area contributed by atoms with Crippen LogP contribution in [0.3, 0.4) is 0 Å². The van der Waals surface area contributed by atoms with Crippen molar-refractivity contribution in [2.24, 2.45) is 11.7 Å². The summed E-state index contributed by atoms with van der Waals surface area (Å²) in [7, 11) is 1.73. The fourth-order valence-corrected chi connectivity index (χ4v) is 2.28. The molecule has 0 saturated heterocycles. The zero-order valence-electron chi connectivity index (χ0n) is 10.3. The summed E-state index contributed by atoms with van der Waals surface area (Å²) in [5.74, 6) is -0.190. The molecule has 0 atom stereocenters. The molecular formula is C13H18N2O3. The molecule has 0 spiro atoms. The Labute approximate surface area is 106 Å². The van der Waals surface area contributed by atoms with E-state index in [1.54, 1.807) is 11.9 Å². The van der Waals surface area contributed by atoms with Gasteiger partial charge in [-0.05, 0) is 37.0 Å². The number of carbonyl (C=O) groups excluding carboxylic acids is 1. The highest BCUT2D eigenvalue weighted by atomic mass is 16.3. The fourth-order valence-electron chi connectivity index (χ4n) is 2.28. The maximum Gasteiger partial charge on any atom is 0.253 e. The number of aromatic hydroxyl groups is 2. The lowest BCUT2D eigenvalue weighted by molar-refractivity contribution is 0.0733. The van der Waals surface area contributed by atoms with E-state index in [0.29, 0.717) is 18.0 Å². The molecule has 0 radical (unpaired) electrons. The van der Waals surface area contributed by atoms with E-state index in [1.165, 1.54) is 18.2 Å². The van der Waals surface area contributed by atoms with Gasteiger partial charge in [-0.3, -0.25) is 4.79 Å². The molecule has 2 rings (SSSR count). The van der Waals surface area contributed by atoms with Crippen molar-refractivity contribution in [2.45, 2.75) is 18.9 Å². The Kier molecular flexibility index (Phi) is 3.43. The Hall–Kier alpha value is -1.75. The summed E-state index contributed by atoms with van der Waals surface area (Å²) in [4.78, 5) is 13.7. The molecule has 0 unspecified atom stereocenters. The number of hydrogen-bond donors (Lipinski definition) is 3. The van der Waals surface area contributed by atoms with Crippen LogP contribution in [-0.2, 0) is 0 Å². The van der Waals surface area contributed by atoms with Crippen LogP contribution in [0.2, 0.25) is 0 Å². The van der Waals surface area contributed by atoms with Crippen LogP contribution in [0.1, 0.15) is 23.2 Å². The van der Waals surface area contributed by atoms with E-state index in [9.17, 15) is 15.0 Å². The molecule has 0 bridgehead atoms. The third-order valence-electron chi connectivity index (χ3n) is 3.37. The number of phenols is 2. The standard InChI is InChI=1S/C13H18N2O3/c1-15(7-8-4-10(14)5-8)13(18)9-2-3-11(16)12(17)6-9/h2-3,6,8,10,16-17H,4-5,7,14H2,1H3. The minimum absolute atomic E-state index is 0.161. The lowest BCUT2D eigenvalue weighted by atomic mass is 9.80. The molecule has 1 saturated carbocycles. The molecule has 1 aliphatic rings. The van der Waals surface area contributed by atoms with Crippen LogP contribution in [0.25, 0.3) is 0 Å². The van der Waals surface area contributed by atoms with E-state index in [2.05, 4.69) is 0 Å². The highest BCUT2D eigenvalue weighted by Gasteiger charge is 2.28. The number of nitrogens with zero attached hydrogens (tertiary/aromatic N) is 1. The van der Waals surface area contributed by atoms with Crippen LogP contribution >= 0.6 is 0 Å². The third kappa shape index (κ3) is 2.56. The maximum absolute atomic E-state index is 12.1. The smallest absolute Gasteiger partial charge is 0.253 e. The van der Waals surface area contributed by atoms with Gasteiger partial charge in [0.25, 0.3) is 5.91 Å². The molecule has 0 aliphatic heterocycles. The van der Waals surface area contributed by atoms with Crippen molar-refractivity contribution in [2.75, 3.05) is 13.6 Å². The Bertz CT molecular complexity index is 456. The van der Waals surface area contributed by atoms with Crippen LogP contribution in [0.4, 0.5) is 0 Å². The van der Waals surface area contributed by atoms with Crippen molar-refractivity contribution < 1.29 is 15.0 Å². The molecule has 1 aliphatic carbocycles. The lowest BCUT2D eigenvalue weighted by Gasteiger charge is -2.35. The molecule has 0 aromatic heterocycles. The number of carbonyl (C=O) groups is 1. The first kappa shape index (κ1) is 12.7. The second kappa shape index (κ2) is 4.86. The summed E-state index contributed by atoms with van der Waals surface area (Å²) in [6.45, 7) is 0.675. The first-order valence-electron chi connectivity index (χ1n) is 6.00. The van der Waals surface area contributed by atoms with E-state index in [4.69, 9.17) is 5.73 Å². The Morgan fingerprint density at radius 3 is 2.61 bits per heavy atom. The minimum atomic E-state index is -0.278. The number of rotatable bonds is 3. The Morgan fingerprint density at radius 1 is 1.39 bits per heavy atom. The van der Waals surface area contributed by atoms with E-state index >= 15 is 0 Å². The minimum Gasteiger partial charge on any atom is -0.504 e. The molecule has 1 aromatic carbocycles. The SMILES string of the molecule is CN(CC1CC(N)C1)C(=O)c1ccc(O)c(O)c1. The largest absolute Gasteiger partial charge is 0.504 e. The zero-order chi connectivity index (χ0) is 13.3. The average Bonchev–Trinajstić information content (AvgIpc) is 2.29. The first-order valence-corrected chi connectivity index (χ1v) is 6.00. The predicted molar refractivity (Wildman–Crippen MR) is 67.4 cm³/mol. The number of benzene rings is 1. The topological polar surface area (TPSA) is 86.8 Å². The number of nitrogens with two attached hydrogens (primary N) is 1. The lowest BCUT2D eigenvalue weighted by Crippen LogP contribution is -2.43. The molecule has 1 aromatic rings. The van der Waals surface area contributed by atoms with Gasteiger partial charge >= 0.3 is 0 Å². The number of amides is 1. The van der Waals surface area contributed by atoms with Crippen molar-refractivity contribution in [3.05, 3.63) is 23.8 Å². The first-order chi connectivity index (χ1) is 8.47. The maximum atomic E-state index is 12.1. The normalized spacial score (nSPS) is 22.3.